The lowest BCUT2D eigenvalue weighted by molar-refractivity contribution is -0.132. The Morgan fingerprint density at radius 3 is 2.11 bits per heavy atom. The number of halogens is 1. The molecule has 1 heterocycles. The normalized spacial score (nSPS) is 16.6. The van der Waals surface area contributed by atoms with Gasteiger partial charge in [-0.1, -0.05) is 12.1 Å². The maximum Gasteiger partial charge on any atom is 0.337 e. The molecule has 9 heteroatoms. The van der Waals surface area contributed by atoms with E-state index in [0.717, 1.165) is 5.69 Å². The number of anilines is 2. The van der Waals surface area contributed by atoms with Crippen molar-refractivity contribution in [3.05, 3.63) is 93.5 Å². The number of carbonyl (C=O) groups excluding carboxylic acids is 3. The molecule has 0 aliphatic carbocycles. The minimum absolute atomic E-state index is 0.0447. The van der Waals surface area contributed by atoms with Crippen molar-refractivity contribution in [2.75, 3.05) is 38.1 Å². The molecule has 4 rings (SSSR count). The lowest BCUT2D eigenvalue weighted by Gasteiger charge is -2.26. The van der Waals surface area contributed by atoms with Crippen molar-refractivity contribution in [3.8, 4) is 5.75 Å². The van der Waals surface area contributed by atoms with Crippen LogP contribution in [0.25, 0.3) is 5.76 Å². The molecule has 0 aromatic heterocycles. The van der Waals surface area contributed by atoms with Gasteiger partial charge in [0.2, 0.25) is 0 Å². The summed E-state index contributed by atoms with van der Waals surface area (Å²) >= 11 is 3.40. The zero-order valence-corrected chi connectivity index (χ0v) is 22.3. The van der Waals surface area contributed by atoms with Crippen molar-refractivity contribution < 1.29 is 29.0 Å². The van der Waals surface area contributed by atoms with Gasteiger partial charge in [0.05, 0.1) is 35.9 Å². The molecular formula is C28H25BrN2O6. The first kappa shape index (κ1) is 26.0. The molecule has 1 fully saturated rings. The standard InChI is InChI=1S/C28H25BrN2O6/c1-30(2)19-10-5-16(6-11-19)24-23(25(32)18-9-14-22(36-3)21(29)15-18)26(33)27(34)31(24)20-12-7-17(8-13-20)28(35)37-4/h5-15,24,32H,1-4H3/b25-23-. The van der Waals surface area contributed by atoms with Gasteiger partial charge in [0, 0.05) is 31.0 Å². The van der Waals surface area contributed by atoms with Crippen molar-refractivity contribution in [2.45, 2.75) is 6.04 Å². The number of esters is 1. The van der Waals surface area contributed by atoms with Crippen LogP contribution in [0.2, 0.25) is 0 Å². The second-order valence-electron chi connectivity index (χ2n) is 8.54. The second-order valence-corrected chi connectivity index (χ2v) is 9.40. The lowest BCUT2D eigenvalue weighted by atomic mass is 9.94. The van der Waals surface area contributed by atoms with E-state index in [1.54, 1.807) is 30.3 Å². The number of ether oxygens (including phenoxy) is 2. The summed E-state index contributed by atoms with van der Waals surface area (Å²) in [7, 11) is 6.62. The Morgan fingerprint density at radius 1 is 0.946 bits per heavy atom. The van der Waals surface area contributed by atoms with Crippen LogP contribution in [-0.2, 0) is 14.3 Å². The molecule has 1 aliphatic rings. The Labute approximate surface area is 222 Å². The van der Waals surface area contributed by atoms with E-state index in [1.165, 1.54) is 31.3 Å². The van der Waals surface area contributed by atoms with E-state index in [-0.39, 0.29) is 11.3 Å². The molecule has 1 N–H and O–H groups in total. The van der Waals surface area contributed by atoms with Crippen LogP contribution in [0.5, 0.6) is 5.75 Å². The molecule has 190 valence electrons. The highest BCUT2D eigenvalue weighted by atomic mass is 79.9. The molecule has 0 spiro atoms. The number of nitrogens with zero attached hydrogens (tertiary/aromatic N) is 2. The predicted octanol–water partition coefficient (Wildman–Crippen LogP) is 4.94. The zero-order chi connectivity index (χ0) is 26.9. The summed E-state index contributed by atoms with van der Waals surface area (Å²) in [6.07, 6.45) is 0. The summed E-state index contributed by atoms with van der Waals surface area (Å²) in [4.78, 5) is 41.9. The van der Waals surface area contributed by atoms with E-state index in [1.807, 2.05) is 43.3 Å². The third-order valence-electron chi connectivity index (χ3n) is 6.16. The summed E-state index contributed by atoms with van der Waals surface area (Å²) < 4.78 is 10.6. The van der Waals surface area contributed by atoms with Gasteiger partial charge in [0.25, 0.3) is 11.7 Å². The summed E-state index contributed by atoms with van der Waals surface area (Å²) in [5.41, 5.74) is 2.57. The molecule has 37 heavy (non-hydrogen) atoms. The van der Waals surface area contributed by atoms with E-state index in [2.05, 4.69) is 15.9 Å². The maximum atomic E-state index is 13.4. The topological polar surface area (TPSA) is 96.4 Å². The van der Waals surface area contributed by atoms with E-state index >= 15 is 0 Å². The predicted molar refractivity (Wildman–Crippen MR) is 144 cm³/mol. The number of aliphatic hydroxyl groups is 1. The van der Waals surface area contributed by atoms with Gasteiger partial charge in [-0.25, -0.2) is 4.79 Å². The molecule has 3 aromatic rings. The lowest BCUT2D eigenvalue weighted by Crippen LogP contribution is -2.29. The van der Waals surface area contributed by atoms with Crippen LogP contribution < -0.4 is 14.5 Å². The fourth-order valence-corrected chi connectivity index (χ4v) is 4.75. The van der Waals surface area contributed by atoms with Gasteiger partial charge in [0.1, 0.15) is 11.5 Å². The summed E-state index contributed by atoms with van der Waals surface area (Å²) in [6, 6.07) is 17.6. The number of Topliss-reactive ketones (excluding diaryl/α,β-unsaturated/α-hetero) is 1. The van der Waals surface area contributed by atoms with Gasteiger partial charge in [-0.05, 0) is 76.1 Å². The van der Waals surface area contributed by atoms with Crippen molar-refractivity contribution in [2.24, 2.45) is 0 Å². The fourth-order valence-electron chi connectivity index (χ4n) is 4.21. The number of amides is 1. The van der Waals surface area contributed by atoms with Crippen LogP contribution in [0, 0.1) is 0 Å². The molecule has 0 saturated carbocycles. The highest BCUT2D eigenvalue weighted by Gasteiger charge is 2.47. The molecule has 1 atom stereocenters. The van der Waals surface area contributed by atoms with Crippen LogP contribution in [0.15, 0.2) is 76.8 Å². The Hall–Kier alpha value is -4.11. The van der Waals surface area contributed by atoms with Gasteiger partial charge >= 0.3 is 5.97 Å². The second kappa shape index (κ2) is 10.5. The molecule has 1 unspecified atom stereocenters. The quantitative estimate of drug-likeness (QED) is 0.196. The Balaban J connectivity index is 1.89. The third-order valence-corrected chi connectivity index (χ3v) is 6.78. The Kier molecular flexibility index (Phi) is 7.35. The number of methoxy groups -OCH3 is 2. The minimum Gasteiger partial charge on any atom is -0.507 e. The van der Waals surface area contributed by atoms with Crippen molar-refractivity contribution in [3.63, 3.8) is 0 Å². The third kappa shape index (κ3) is 4.82. The highest BCUT2D eigenvalue weighted by molar-refractivity contribution is 9.10. The molecule has 3 aromatic carbocycles. The molecule has 8 nitrogen and oxygen atoms in total. The van der Waals surface area contributed by atoms with E-state index in [4.69, 9.17) is 9.47 Å². The Bertz CT molecular complexity index is 1400. The van der Waals surface area contributed by atoms with Crippen LogP contribution >= 0.6 is 15.9 Å². The number of carbonyl (C=O) groups is 3. The number of hydrogen-bond donors (Lipinski definition) is 1. The first-order valence-electron chi connectivity index (χ1n) is 11.3. The molecule has 1 saturated heterocycles. The van der Waals surface area contributed by atoms with Crippen molar-refractivity contribution in [1.82, 2.24) is 0 Å². The van der Waals surface area contributed by atoms with Gasteiger partial charge < -0.3 is 19.5 Å². The zero-order valence-electron chi connectivity index (χ0n) is 20.7. The van der Waals surface area contributed by atoms with Crippen LogP contribution in [0.1, 0.15) is 27.5 Å². The number of rotatable bonds is 6. The van der Waals surface area contributed by atoms with Crippen LogP contribution in [-0.4, -0.2) is 51.1 Å². The summed E-state index contributed by atoms with van der Waals surface area (Å²) in [5, 5.41) is 11.3. The average Bonchev–Trinajstić information content (AvgIpc) is 3.17. The smallest absolute Gasteiger partial charge is 0.337 e. The summed E-state index contributed by atoms with van der Waals surface area (Å²) in [5.74, 6) is -1.88. The number of ketones is 1. The monoisotopic (exact) mass is 564 g/mol. The fraction of sp³-hybridized carbons (Fsp3) is 0.179. The molecular weight excluding hydrogens is 540 g/mol. The molecule has 0 bridgehead atoms. The van der Waals surface area contributed by atoms with Crippen molar-refractivity contribution >= 4 is 50.7 Å². The molecule has 0 radical (unpaired) electrons. The van der Waals surface area contributed by atoms with Crippen molar-refractivity contribution in [1.29, 1.82) is 0 Å². The van der Waals surface area contributed by atoms with E-state index < -0.39 is 23.7 Å². The minimum atomic E-state index is -0.902. The van der Waals surface area contributed by atoms with Gasteiger partial charge in [-0.2, -0.15) is 0 Å². The largest absolute Gasteiger partial charge is 0.507 e. The Morgan fingerprint density at radius 2 is 1.57 bits per heavy atom. The maximum absolute atomic E-state index is 13.4. The summed E-state index contributed by atoms with van der Waals surface area (Å²) in [6.45, 7) is 0. The van der Waals surface area contributed by atoms with E-state index in [0.29, 0.717) is 32.6 Å². The number of hydrogen-bond acceptors (Lipinski definition) is 7. The van der Waals surface area contributed by atoms with Gasteiger partial charge in [-0.15, -0.1) is 0 Å². The first-order chi connectivity index (χ1) is 17.7. The first-order valence-corrected chi connectivity index (χ1v) is 12.1. The molecule has 1 aliphatic heterocycles. The number of benzene rings is 3. The van der Waals surface area contributed by atoms with Gasteiger partial charge in [0.15, 0.2) is 0 Å². The average molecular weight is 565 g/mol. The highest BCUT2D eigenvalue weighted by Crippen LogP contribution is 2.43. The molecule has 1 amide bonds. The van der Waals surface area contributed by atoms with E-state index in [9.17, 15) is 19.5 Å². The SMILES string of the molecule is COC(=O)c1ccc(N2C(=O)C(=O)/C(=C(\O)c3ccc(OC)c(Br)c3)C2c2ccc(N(C)C)cc2)cc1. The van der Waals surface area contributed by atoms with Crippen LogP contribution in [0.3, 0.4) is 0 Å². The van der Waals surface area contributed by atoms with Gasteiger partial charge in [-0.3, -0.25) is 14.5 Å². The van der Waals surface area contributed by atoms with Crippen LogP contribution in [0.4, 0.5) is 11.4 Å². The number of aliphatic hydroxyl groups excluding tert-OH is 1.